The van der Waals surface area contributed by atoms with Crippen LogP contribution < -0.4 is 0 Å². The lowest BCUT2D eigenvalue weighted by Crippen LogP contribution is -2.37. The number of hydrogen-bond donors (Lipinski definition) is 0. The molecule has 0 aromatic rings. The van der Waals surface area contributed by atoms with Crippen molar-refractivity contribution in [1.29, 1.82) is 0 Å². The summed E-state index contributed by atoms with van der Waals surface area (Å²) in [6.07, 6.45) is 7.29. The van der Waals surface area contributed by atoms with Crippen molar-refractivity contribution in [3.63, 3.8) is 0 Å². The fourth-order valence-electron chi connectivity index (χ4n) is 3.18. The van der Waals surface area contributed by atoms with Crippen molar-refractivity contribution >= 4 is 11.6 Å². The van der Waals surface area contributed by atoms with E-state index in [1.807, 2.05) is 0 Å². The van der Waals surface area contributed by atoms with Crippen LogP contribution in [0.5, 0.6) is 0 Å². The second-order valence-electron chi connectivity index (χ2n) is 5.15. The van der Waals surface area contributed by atoms with Crippen LogP contribution in [0.2, 0.25) is 0 Å². The van der Waals surface area contributed by atoms with Gasteiger partial charge in [0.1, 0.15) is 0 Å². The molecular weight excluding hydrogens is 194 g/mol. The summed E-state index contributed by atoms with van der Waals surface area (Å²) >= 11 is 5.88. The van der Waals surface area contributed by atoms with Crippen molar-refractivity contribution in [3.8, 4) is 0 Å². The molecule has 3 atom stereocenters. The van der Waals surface area contributed by atoms with Gasteiger partial charge in [-0.15, -0.1) is 11.6 Å². The Labute approximate surface area is 92.8 Å². The molecule has 1 nitrogen and oxygen atoms in total. The van der Waals surface area contributed by atoms with E-state index >= 15 is 0 Å². The maximum absolute atomic E-state index is 5.88. The Hall–Kier alpha value is 0.250. The molecule has 3 unspecified atom stereocenters. The van der Waals surface area contributed by atoms with Crippen molar-refractivity contribution in [1.82, 2.24) is 4.90 Å². The monoisotopic (exact) mass is 215 g/mol. The second-order valence-corrected chi connectivity index (χ2v) is 5.46. The summed E-state index contributed by atoms with van der Waals surface area (Å²) in [7, 11) is 0. The highest BCUT2D eigenvalue weighted by Gasteiger charge is 2.35. The van der Waals surface area contributed by atoms with Gasteiger partial charge < -0.3 is 0 Å². The highest BCUT2D eigenvalue weighted by Crippen LogP contribution is 2.36. The number of alkyl halides is 1. The topological polar surface area (TPSA) is 3.24 Å². The SMILES string of the molecule is CC(CCl)CN1CCC2CCCCC21. The van der Waals surface area contributed by atoms with Gasteiger partial charge in [-0.05, 0) is 37.6 Å². The van der Waals surface area contributed by atoms with Crippen LogP contribution in [0.1, 0.15) is 39.0 Å². The largest absolute Gasteiger partial charge is 0.300 e. The maximum atomic E-state index is 5.88. The fourth-order valence-corrected chi connectivity index (χ4v) is 3.28. The Balaban J connectivity index is 1.87. The summed E-state index contributed by atoms with van der Waals surface area (Å²) < 4.78 is 0. The number of halogens is 1. The van der Waals surface area contributed by atoms with Gasteiger partial charge in [0, 0.05) is 18.5 Å². The average molecular weight is 216 g/mol. The molecule has 2 fully saturated rings. The first kappa shape index (κ1) is 10.8. The summed E-state index contributed by atoms with van der Waals surface area (Å²) in [5, 5.41) is 0. The van der Waals surface area contributed by atoms with E-state index in [9.17, 15) is 0 Å². The average Bonchev–Trinajstić information content (AvgIpc) is 2.62. The van der Waals surface area contributed by atoms with E-state index in [0.717, 1.165) is 17.8 Å². The van der Waals surface area contributed by atoms with Gasteiger partial charge in [0.05, 0.1) is 0 Å². The molecule has 0 bridgehead atoms. The lowest BCUT2D eigenvalue weighted by atomic mass is 9.85. The maximum Gasteiger partial charge on any atom is 0.0261 e. The lowest BCUT2D eigenvalue weighted by molar-refractivity contribution is 0.167. The first-order chi connectivity index (χ1) is 6.81. The van der Waals surface area contributed by atoms with Crippen molar-refractivity contribution < 1.29 is 0 Å². The van der Waals surface area contributed by atoms with Crippen molar-refractivity contribution in [2.75, 3.05) is 19.0 Å². The minimum Gasteiger partial charge on any atom is -0.300 e. The van der Waals surface area contributed by atoms with Crippen LogP contribution in [-0.4, -0.2) is 29.9 Å². The van der Waals surface area contributed by atoms with E-state index in [1.54, 1.807) is 0 Å². The van der Waals surface area contributed by atoms with Crippen LogP contribution in [0.25, 0.3) is 0 Å². The highest BCUT2D eigenvalue weighted by atomic mass is 35.5. The van der Waals surface area contributed by atoms with Crippen molar-refractivity contribution in [2.45, 2.75) is 45.1 Å². The van der Waals surface area contributed by atoms with Crippen LogP contribution in [0.15, 0.2) is 0 Å². The zero-order valence-electron chi connectivity index (χ0n) is 9.21. The summed E-state index contributed by atoms with van der Waals surface area (Å²) in [5.74, 6) is 2.50. The smallest absolute Gasteiger partial charge is 0.0261 e. The summed E-state index contributed by atoms with van der Waals surface area (Å²) in [5.41, 5.74) is 0. The van der Waals surface area contributed by atoms with E-state index in [4.69, 9.17) is 11.6 Å². The molecule has 2 heteroatoms. The first-order valence-electron chi connectivity index (χ1n) is 6.11. The van der Waals surface area contributed by atoms with E-state index in [-0.39, 0.29) is 0 Å². The molecule has 0 aromatic heterocycles. The van der Waals surface area contributed by atoms with E-state index in [1.165, 1.54) is 45.2 Å². The zero-order valence-corrected chi connectivity index (χ0v) is 9.97. The standard InChI is InChI=1S/C12H22ClN/c1-10(8-13)9-14-7-6-11-4-2-3-5-12(11)14/h10-12H,2-9H2,1H3. The van der Waals surface area contributed by atoms with E-state index < -0.39 is 0 Å². The van der Waals surface area contributed by atoms with Crippen LogP contribution in [-0.2, 0) is 0 Å². The Morgan fingerprint density at radius 2 is 2.07 bits per heavy atom. The summed E-state index contributed by atoms with van der Waals surface area (Å²) in [6.45, 7) is 4.82. The lowest BCUT2D eigenvalue weighted by Gasteiger charge is -2.32. The Morgan fingerprint density at radius 3 is 2.86 bits per heavy atom. The Bertz CT molecular complexity index is 183. The van der Waals surface area contributed by atoms with Crippen LogP contribution in [0, 0.1) is 11.8 Å². The third kappa shape index (κ3) is 2.25. The third-order valence-corrected chi connectivity index (χ3v) is 4.46. The number of rotatable bonds is 3. The van der Waals surface area contributed by atoms with Gasteiger partial charge >= 0.3 is 0 Å². The molecule has 1 saturated heterocycles. The molecule has 0 aromatic carbocycles. The van der Waals surface area contributed by atoms with Gasteiger partial charge in [-0.2, -0.15) is 0 Å². The summed E-state index contributed by atoms with van der Waals surface area (Å²) in [4.78, 5) is 2.71. The normalized spacial score (nSPS) is 35.6. The molecule has 2 aliphatic rings. The van der Waals surface area contributed by atoms with Gasteiger partial charge in [0.15, 0.2) is 0 Å². The molecule has 1 heterocycles. The van der Waals surface area contributed by atoms with Gasteiger partial charge in [-0.3, -0.25) is 4.90 Å². The van der Waals surface area contributed by atoms with Gasteiger partial charge in [-0.25, -0.2) is 0 Å². The van der Waals surface area contributed by atoms with Crippen LogP contribution in [0.4, 0.5) is 0 Å². The van der Waals surface area contributed by atoms with Gasteiger partial charge in [-0.1, -0.05) is 19.8 Å². The quantitative estimate of drug-likeness (QED) is 0.654. The molecule has 0 spiro atoms. The number of likely N-dealkylation sites (tertiary alicyclic amines) is 1. The molecule has 0 N–H and O–H groups in total. The zero-order chi connectivity index (χ0) is 9.97. The molecule has 0 radical (unpaired) electrons. The Morgan fingerprint density at radius 1 is 1.29 bits per heavy atom. The number of hydrogen-bond acceptors (Lipinski definition) is 1. The van der Waals surface area contributed by atoms with Crippen molar-refractivity contribution in [2.24, 2.45) is 11.8 Å². The molecule has 0 amide bonds. The predicted molar refractivity (Wildman–Crippen MR) is 61.8 cm³/mol. The minimum atomic E-state index is 0.664. The molecule has 14 heavy (non-hydrogen) atoms. The second kappa shape index (κ2) is 4.85. The van der Waals surface area contributed by atoms with E-state index in [0.29, 0.717) is 5.92 Å². The van der Waals surface area contributed by atoms with Gasteiger partial charge in [0.2, 0.25) is 0 Å². The molecule has 1 aliphatic carbocycles. The van der Waals surface area contributed by atoms with E-state index in [2.05, 4.69) is 11.8 Å². The molecule has 1 aliphatic heterocycles. The van der Waals surface area contributed by atoms with Crippen LogP contribution >= 0.6 is 11.6 Å². The molecule has 1 saturated carbocycles. The first-order valence-corrected chi connectivity index (χ1v) is 6.64. The predicted octanol–water partition coefficient (Wildman–Crippen LogP) is 3.13. The Kier molecular flexibility index (Phi) is 3.73. The third-order valence-electron chi connectivity index (χ3n) is 3.93. The molecule has 82 valence electrons. The molecule has 2 rings (SSSR count). The minimum absolute atomic E-state index is 0.664. The van der Waals surface area contributed by atoms with Crippen LogP contribution in [0.3, 0.4) is 0 Å². The number of fused-ring (bicyclic) bond motifs is 1. The van der Waals surface area contributed by atoms with Gasteiger partial charge in [0.25, 0.3) is 0 Å². The highest BCUT2D eigenvalue weighted by molar-refractivity contribution is 6.18. The molecular formula is C12H22ClN. The van der Waals surface area contributed by atoms with Crippen molar-refractivity contribution in [3.05, 3.63) is 0 Å². The number of nitrogens with zero attached hydrogens (tertiary/aromatic N) is 1. The fraction of sp³-hybridized carbons (Fsp3) is 1.00. The summed E-state index contributed by atoms with van der Waals surface area (Å²) in [6, 6.07) is 0.911.